The standard InChI is InChI=1S/C17H15ClN2OS/c1-2-9-19-17(21)11-7-8-15-13(10-11)20-16(18)12-5-3-4-6-14(12)22-15/h3-8,10H,2,9H2,1H3,(H,19,21). The van der Waals surface area contributed by atoms with Crippen LogP contribution in [0.15, 0.2) is 57.2 Å². The molecule has 1 aliphatic rings. The van der Waals surface area contributed by atoms with Gasteiger partial charge in [0.1, 0.15) is 5.17 Å². The van der Waals surface area contributed by atoms with Crippen molar-refractivity contribution in [2.45, 2.75) is 23.1 Å². The second-order valence-electron chi connectivity index (χ2n) is 4.94. The highest BCUT2D eigenvalue weighted by molar-refractivity contribution is 7.99. The summed E-state index contributed by atoms with van der Waals surface area (Å²) in [5, 5.41) is 3.32. The lowest BCUT2D eigenvalue weighted by atomic mass is 10.2. The summed E-state index contributed by atoms with van der Waals surface area (Å²) in [7, 11) is 0. The van der Waals surface area contributed by atoms with E-state index in [1.165, 1.54) is 0 Å². The smallest absolute Gasteiger partial charge is 0.251 e. The number of aliphatic imine (C=N–C) groups is 1. The molecule has 5 heteroatoms. The molecule has 3 rings (SSSR count). The number of nitrogens with one attached hydrogen (secondary N) is 1. The molecule has 0 radical (unpaired) electrons. The SMILES string of the molecule is CCCNC(=O)c1ccc2c(c1)N=C(Cl)c1ccccc1S2. The Kier molecular flexibility index (Phi) is 4.50. The number of amides is 1. The summed E-state index contributed by atoms with van der Waals surface area (Å²) in [6.07, 6.45) is 0.909. The zero-order valence-electron chi connectivity index (χ0n) is 12.1. The summed E-state index contributed by atoms with van der Waals surface area (Å²) < 4.78 is 0. The summed E-state index contributed by atoms with van der Waals surface area (Å²) in [6.45, 7) is 2.69. The monoisotopic (exact) mass is 330 g/mol. The minimum atomic E-state index is -0.0808. The predicted molar refractivity (Wildman–Crippen MR) is 91.7 cm³/mol. The third kappa shape index (κ3) is 3.03. The molecule has 0 spiro atoms. The summed E-state index contributed by atoms with van der Waals surface area (Å²) >= 11 is 7.95. The first-order chi connectivity index (χ1) is 10.7. The van der Waals surface area contributed by atoms with Gasteiger partial charge in [0.2, 0.25) is 0 Å². The summed E-state index contributed by atoms with van der Waals surface area (Å²) in [6, 6.07) is 13.4. The van der Waals surface area contributed by atoms with Crippen LogP contribution in [0.2, 0.25) is 0 Å². The van der Waals surface area contributed by atoms with E-state index in [4.69, 9.17) is 11.6 Å². The van der Waals surface area contributed by atoms with Crippen molar-refractivity contribution in [2.75, 3.05) is 6.54 Å². The van der Waals surface area contributed by atoms with Crippen molar-refractivity contribution in [3.63, 3.8) is 0 Å². The second-order valence-corrected chi connectivity index (χ2v) is 6.38. The molecule has 1 amide bonds. The van der Waals surface area contributed by atoms with Crippen molar-refractivity contribution in [3.8, 4) is 0 Å². The number of hydrogen-bond acceptors (Lipinski definition) is 3. The molecule has 1 N–H and O–H groups in total. The van der Waals surface area contributed by atoms with E-state index in [1.807, 2.05) is 43.3 Å². The first-order valence-electron chi connectivity index (χ1n) is 7.12. The second kappa shape index (κ2) is 6.55. The van der Waals surface area contributed by atoms with Crippen molar-refractivity contribution >= 4 is 40.1 Å². The van der Waals surface area contributed by atoms with Gasteiger partial charge in [-0.15, -0.1) is 0 Å². The molecule has 0 saturated carbocycles. The topological polar surface area (TPSA) is 41.5 Å². The summed E-state index contributed by atoms with van der Waals surface area (Å²) in [5.41, 5.74) is 2.25. The largest absolute Gasteiger partial charge is 0.352 e. The van der Waals surface area contributed by atoms with Gasteiger partial charge in [-0.25, -0.2) is 4.99 Å². The Morgan fingerprint density at radius 2 is 2.05 bits per heavy atom. The van der Waals surface area contributed by atoms with E-state index < -0.39 is 0 Å². The molecule has 2 aromatic rings. The van der Waals surface area contributed by atoms with Gasteiger partial charge in [-0.2, -0.15) is 0 Å². The van der Waals surface area contributed by atoms with Gasteiger partial charge in [0.15, 0.2) is 0 Å². The Labute approximate surface area is 138 Å². The van der Waals surface area contributed by atoms with E-state index >= 15 is 0 Å². The van der Waals surface area contributed by atoms with Gasteiger partial charge < -0.3 is 5.32 Å². The highest BCUT2D eigenvalue weighted by Gasteiger charge is 2.17. The van der Waals surface area contributed by atoms with Gasteiger partial charge in [-0.3, -0.25) is 4.79 Å². The molecule has 0 aromatic heterocycles. The number of benzene rings is 2. The van der Waals surface area contributed by atoms with Crippen LogP contribution in [0.25, 0.3) is 0 Å². The number of fused-ring (bicyclic) bond motifs is 2. The van der Waals surface area contributed by atoms with E-state index in [0.717, 1.165) is 27.5 Å². The zero-order valence-corrected chi connectivity index (χ0v) is 13.7. The molecule has 0 fully saturated rings. The third-order valence-electron chi connectivity index (χ3n) is 3.30. The maximum atomic E-state index is 12.1. The van der Waals surface area contributed by atoms with Gasteiger partial charge in [0.25, 0.3) is 5.91 Å². The molecule has 0 atom stereocenters. The van der Waals surface area contributed by atoms with Gasteiger partial charge in [-0.05, 0) is 30.7 Å². The maximum Gasteiger partial charge on any atom is 0.251 e. The van der Waals surface area contributed by atoms with Crippen LogP contribution in [0.3, 0.4) is 0 Å². The molecule has 0 aliphatic carbocycles. The Morgan fingerprint density at radius 3 is 2.86 bits per heavy atom. The lowest BCUT2D eigenvalue weighted by molar-refractivity contribution is 0.0953. The number of rotatable bonds is 3. The minimum absolute atomic E-state index is 0.0808. The van der Waals surface area contributed by atoms with Gasteiger partial charge in [-0.1, -0.05) is 48.5 Å². The van der Waals surface area contributed by atoms with Crippen LogP contribution < -0.4 is 5.32 Å². The number of hydrogen-bond donors (Lipinski definition) is 1. The average molecular weight is 331 g/mol. The number of halogens is 1. The number of carbonyl (C=O) groups excluding carboxylic acids is 1. The van der Waals surface area contributed by atoms with Crippen molar-refractivity contribution < 1.29 is 4.79 Å². The molecular formula is C17H15ClN2OS. The van der Waals surface area contributed by atoms with E-state index in [2.05, 4.69) is 10.3 Å². The summed E-state index contributed by atoms with van der Waals surface area (Å²) in [4.78, 5) is 18.6. The average Bonchev–Trinajstić information content (AvgIpc) is 2.68. The summed E-state index contributed by atoms with van der Waals surface area (Å²) in [5.74, 6) is -0.0808. The fourth-order valence-corrected chi connectivity index (χ4v) is 3.50. The molecule has 1 aliphatic heterocycles. The lowest BCUT2D eigenvalue weighted by Crippen LogP contribution is -2.23. The van der Waals surface area contributed by atoms with Crippen LogP contribution in [0, 0.1) is 0 Å². The fourth-order valence-electron chi connectivity index (χ4n) is 2.18. The minimum Gasteiger partial charge on any atom is -0.352 e. The third-order valence-corrected chi connectivity index (χ3v) is 4.73. The Balaban J connectivity index is 1.98. The normalized spacial score (nSPS) is 12.7. The van der Waals surface area contributed by atoms with E-state index in [-0.39, 0.29) is 5.91 Å². The van der Waals surface area contributed by atoms with Crippen LogP contribution in [-0.4, -0.2) is 17.6 Å². The Hall–Kier alpha value is -1.78. The van der Waals surface area contributed by atoms with Gasteiger partial charge in [0.05, 0.1) is 5.69 Å². The molecule has 2 aromatic carbocycles. The van der Waals surface area contributed by atoms with E-state index in [1.54, 1.807) is 17.8 Å². The zero-order chi connectivity index (χ0) is 15.5. The first-order valence-corrected chi connectivity index (χ1v) is 8.32. The highest BCUT2D eigenvalue weighted by atomic mass is 35.5. The molecule has 3 nitrogen and oxygen atoms in total. The van der Waals surface area contributed by atoms with E-state index in [0.29, 0.717) is 17.3 Å². The molecule has 22 heavy (non-hydrogen) atoms. The van der Waals surface area contributed by atoms with Crippen LogP contribution in [0.1, 0.15) is 29.3 Å². The molecular weight excluding hydrogens is 316 g/mol. The van der Waals surface area contributed by atoms with Crippen LogP contribution in [0.4, 0.5) is 5.69 Å². The maximum absolute atomic E-state index is 12.1. The van der Waals surface area contributed by atoms with Crippen molar-refractivity contribution in [3.05, 3.63) is 53.6 Å². The van der Waals surface area contributed by atoms with Crippen molar-refractivity contribution in [1.82, 2.24) is 5.32 Å². The van der Waals surface area contributed by atoms with E-state index in [9.17, 15) is 4.79 Å². The fraction of sp³-hybridized carbons (Fsp3) is 0.176. The highest BCUT2D eigenvalue weighted by Crippen LogP contribution is 2.41. The van der Waals surface area contributed by atoms with Crippen LogP contribution in [-0.2, 0) is 0 Å². The lowest BCUT2D eigenvalue weighted by Gasteiger charge is -2.07. The Bertz CT molecular complexity index is 758. The van der Waals surface area contributed by atoms with Gasteiger partial charge >= 0.3 is 0 Å². The molecule has 0 bridgehead atoms. The molecule has 0 unspecified atom stereocenters. The van der Waals surface area contributed by atoms with Crippen molar-refractivity contribution in [1.29, 1.82) is 0 Å². The number of nitrogens with zero attached hydrogens (tertiary/aromatic N) is 1. The Morgan fingerprint density at radius 1 is 1.23 bits per heavy atom. The van der Waals surface area contributed by atoms with Crippen molar-refractivity contribution in [2.24, 2.45) is 4.99 Å². The molecule has 112 valence electrons. The van der Waals surface area contributed by atoms with Crippen LogP contribution in [0.5, 0.6) is 0 Å². The molecule has 0 saturated heterocycles. The quantitative estimate of drug-likeness (QED) is 0.893. The van der Waals surface area contributed by atoms with Crippen LogP contribution >= 0.6 is 23.4 Å². The molecule has 1 heterocycles. The van der Waals surface area contributed by atoms with Gasteiger partial charge in [0, 0.05) is 27.5 Å². The predicted octanol–water partition coefficient (Wildman–Crippen LogP) is 4.61. The first kappa shape index (κ1) is 15.1. The number of carbonyl (C=O) groups is 1.